The van der Waals surface area contributed by atoms with Crippen LogP contribution in [0.15, 0.2) is 99.2 Å². The van der Waals surface area contributed by atoms with Crippen LogP contribution in [-0.2, 0) is 38.1 Å². The van der Waals surface area contributed by atoms with Crippen LogP contribution in [0.5, 0.6) is 0 Å². The standard InChI is InChI=1S/4C20H36O3.CH4/c4*1-3-5-6-7-8-9-10-11-12-13-14-15-16-17-20(22)23-18-19(21)4-2;/h2*3,9-10,19,21H,1,4-8,11-18H2,2H3;2*3,8-9,19,21H,1,4-7,10-18H2,2H3;1H4/b10-9+;10-9-;9-8+;9-8-;. The van der Waals surface area contributed by atoms with Crippen LogP contribution in [0.4, 0.5) is 0 Å². The summed E-state index contributed by atoms with van der Waals surface area (Å²) in [5, 5.41) is 37.2. The number of carbonyl (C=O) groups excluding carboxylic acids is 4. The number of rotatable bonds is 64. The van der Waals surface area contributed by atoms with Crippen LogP contribution in [0.1, 0.15) is 343 Å². The van der Waals surface area contributed by atoms with Crippen molar-refractivity contribution in [2.24, 2.45) is 0 Å². The number of hydrogen-bond donors (Lipinski definition) is 4. The van der Waals surface area contributed by atoms with Crippen molar-refractivity contribution in [3.05, 3.63) is 99.2 Å². The Kier molecular flexibility index (Phi) is 89.6. The Bertz CT molecular complexity index is 1610. The van der Waals surface area contributed by atoms with E-state index in [4.69, 9.17) is 18.9 Å². The highest BCUT2D eigenvalue weighted by Gasteiger charge is 2.10. The predicted molar refractivity (Wildman–Crippen MR) is 396 cm³/mol. The molecule has 0 aliphatic heterocycles. The van der Waals surface area contributed by atoms with E-state index < -0.39 is 24.4 Å². The number of ether oxygens (including phenoxy) is 4. The Balaban J connectivity index is -0.000000369. The molecule has 0 spiro atoms. The van der Waals surface area contributed by atoms with E-state index in [2.05, 4.69) is 74.9 Å². The summed E-state index contributed by atoms with van der Waals surface area (Å²) in [6, 6.07) is 0. The minimum absolute atomic E-state index is 0. The Morgan fingerprint density at radius 1 is 0.258 bits per heavy atom. The van der Waals surface area contributed by atoms with Gasteiger partial charge in [0.2, 0.25) is 0 Å². The Labute approximate surface area is 573 Å². The first-order chi connectivity index (χ1) is 44.8. The van der Waals surface area contributed by atoms with E-state index in [1.165, 1.54) is 167 Å². The van der Waals surface area contributed by atoms with Crippen LogP contribution >= 0.6 is 0 Å². The summed E-state index contributed by atoms with van der Waals surface area (Å²) in [4.78, 5) is 45.7. The van der Waals surface area contributed by atoms with Crippen molar-refractivity contribution < 1.29 is 58.6 Å². The lowest BCUT2D eigenvalue weighted by Crippen LogP contribution is -2.17. The van der Waals surface area contributed by atoms with Gasteiger partial charge in [0, 0.05) is 25.7 Å². The molecule has 0 saturated heterocycles. The fourth-order valence-corrected chi connectivity index (χ4v) is 8.92. The van der Waals surface area contributed by atoms with Gasteiger partial charge in [-0.3, -0.25) is 19.2 Å². The highest BCUT2D eigenvalue weighted by atomic mass is 16.6. The molecule has 0 aliphatic rings. The summed E-state index contributed by atoms with van der Waals surface area (Å²) in [6.07, 6.45) is 74.9. The molecule has 12 heteroatoms. The monoisotopic (exact) mass is 1310 g/mol. The molecule has 544 valence electrons. The Hall–Kier alpha value is -4.36. The SMILES string of the molecule is C.C=CCCC/C=C/CCCCCCCCC(=O)OCC(O)CC.C=CCCC/C=C\CCCCCCCCC(=O)OCC(O)CC.C=CCCCC/C=C/CCCCCCCC(=O)OCC(O)CC.C=CCCCC/C=C\CCCCCCCC(=O)OCC(O)CC. The van der Waals surface area contributed by atoms with Crippen LogP contribution in [0.3, 0.4) is 0 Å². The lowest BCUT2D eigenvalue weighted by molar-refractivity contribution is -0.147. The second-order valence-corrected chi connectivity index (χ2v) is 24.4. The third-order valence-electron chi connectivity index (χ3n) is 15.4. The zero-order valence-corrected chi connectivity index (χ0v) is 59.9. The van der Waals surface area contributed by atoms with Crippen LogP contribution in [0, 0.1) is 0 Å². The van der Waals surface area contributed by atoms with E-state index in [0.717, 1.165) is 89.9 Å². The van der Waals surface area contributed by atoms with Gasteiger partial charge in [-0.15, -0.1) is 26.3 Å². The summed E-state index contributed by atoms with van der Waals surface area (Å²) < 4.78 is 20.0. The van der Waals surface area contributed by atoms with Crippen LogP contribution in [0.25, 0.3) is 0 Å². The van der Waals surface area contributed by atoms with Crippen LogP contribution in [0.2, 0.25) is 0 Å². The summed E-state index contributed by atoms with van der Waals surface area (Å²) in [6.45, 7) is 22.9. The Morgan fingerprint density at radius 3 is 0.602 bits per heavy atom. The number of carbonyl (C=O) groups is 4. The molecule has 0 rings (SSSR count). The quantitative estimate of drug-likeness (QED) is 0.0196. The molecule has 0 bridgehead atoms. The topological polar surface area (TPSA) is 186 Å². The molecule has 4 atom stereocenters. The average Bonchev–Trinajstić information content (AvgIpc) is 3.59. The molecule has 0 aromatic heterocycles. The van der Waals surface area contributed by atoms with Crippen molar-refractivity contribution in [1.82, 2.24) is 0 Å². The number of aliphatic hydroxyl groups excluding tert-OH is 4. The van der Waals surface area contributed by atoms with Gasteiger partial charge in [0.15, 0.2) is 0 Å². The zero-order chi connectivity index (χ0) is 68.7. The van der Waals surface area contributed by atoms with Gasteiger partial charge in [0.25, 0.3) is 0 Å². The lowest BCUT2D eigenvalue weighted by Gasteiger charge is -2.08. The fraction of sp³-hybridized carbons (Fsp3) is 0.753. The van der Waals surface area contributed by atoms with E-state index in [1.807, 2.05) is 52.0 Å². The van der Waals surface area contributed by atoms with E-state index >= 15 is 0 Å². The third kappa shape index (κ3) is 91.9. The molecule has 0 amide bonds. The molecule has 0 fully saturated rings. The minimum Gasteiger partial charge on any atom is -0.463 e. The molecule has 4 unspecified atom stereocenters. The number of allylic oxidation sites excluding steroid dienone is 12. The molecular weight excluding hydrogens is 1160 g/mol. The predicted octanol–water partition coefficient (Wildman–Crippen LogP) is 22.0. The number of aliphatic hydroxyl groups is 4. The van der Waals surface area contributed by atoms with E-state index in [0.29, 0.717) is 51.4 Å². The molecule has 0 radical (unpaired) electrons. The van der Waals surface area contributed by atoms with Gasteiger partial charge in [0.1, 0.15) is 26.4 Å². The maximum atomic E-state index is 11.4. The van der Waals surface area contributed by atoms with Gasteiger partial charge in [-0.05, 0) is 193 Å². The molecule has 93 heavy (non-hydrogen) atoms. The van der Waals surface area contributed by atoms with Gasteiger partial charge in [0.05, 0.1) is 24.4 Å². The largest absolute Gasteiger partial charge is 0.463 e. The zero-order valence-electron chi connectivity index (χ0n) is 59.9. The molecular formula is C81H148O12. The van der Waals surface area contributed by atoms with Crippen molar-refractivity contribution in [1.29, 1.82) is 0 Å². The fourth-order valence-electron chi connectivity index (χ4n) is 8.92. The third-order valence-corrected chi connectivity index (χ3v) is 15.4. The van der Waals surface area contributed by atoms with Gasteiger partial charge < -0.3 is 39.4 Å². The average molecular weight is 1310 g/mol. The molecule has 0 aliphatic carbocycles. The van der Waals surface area contributed by atoms with Crippen molar-refractivity contribution in [3.8, 4) is 0 Å². The molecule has 12 nitrogen and oxygen atoms in total. The molecule has 0 aromatic carbocycles. The van der Waals surface area contributed by atoms with Crippen molar-refractivity contribution in [2.45, 2.75) is 368 Å². The molecule has 0 heterocycles. The maximum Gasteiger partial charge on any atom is 0.305 e. The van der Waals surface area contributed by atoms with Crippen molar-refractivity contribution in [2.75, 3.05) is 26.4 Å². The van der Waals surface area contributed by atoms with Crippen LogP contribution < -0.4 is 0 Å². The van der Waals surface area contributed by atoms with Crippen molar-refractivity contribution in [3.63, 3.8) is 0 Å². The number of unbranched alkanes of at least 4 members (excludes halogenated alkanes) is 32. The first-order valence-corrected chi connectivity index (χ1v) is 37.2. The highest BCUT2D eigenvalue weighted by Crippen LogP contribution is 2.15. The van der Waals surface area contributed by atoms with Crippen LogP contribution in [-0.4, -0.2) is 95.1 Å². The second-order valence-electron chi connectivity index (χ2n) is 24.4. The molecule has 0 aromatic rings. The normalized spacial score (nSPS) is 12.3. The summed E-state index contributed by atoms with van der Waals surface area (Å²) >= 11 is 0. The van der Waals surface area contributed by atoms with E-state index in [-0.39, 0.29) is 57.7 Å². The lowest BCUT2D eigenvalue weighted by atomic mass is 10.1. The number of esters is 4. The van der Waals surface area contributed by atoms with Crippen molar-refractivity contribution >= 4 is 23.9 Å². The highest BCUT2D eigenvalue weighted by molar-refractivity contribution is 5.70. The minimum atomic E-state index is -0.519. The van der Waals surface area contributed by atoms with Gasteiger partial charge in [-0.25, -0.2) is 0 Å². The summed E-state index contributed by atoms with van der Waals surface area (Å²) in [5.41, 5.74) is 0. The molecule has 4 N–H and O–H groups in total. The first kappa shape index (κ1) is 97.3. The first-order valence-electron chi connectivity index (χ1n) is 37.2. The van der Waals surface area contributed by atoms with E-state index in [1.54, 1.807) is 0 Å². The summed E-state index contributed by atoms with van der Waals surface area (Å²) in [5.74, 6) is -0.730. The number of hydrogen-bond acceptors (Lipinski definition) is 12. The smallest absolute Gasteiger partial charge is 0.305 e. The second kappa shape index (κ2) is 85.7. The Morgan fingerprint density at radius 2 is 0.409 bits per heavy atom. The van der Waals surface area contributed by atoms with Gasteiger partial charge in [-0.1, -0.05) is 198 Å². The summed E-state index contributed by atoms with van der Waals surface area (Å²) in [7, 11) is 0. The molecule has 0 saturated carbocycles. The van der Waals surface area contributed by atoms with Gasteiger partial charge >= 0.3 is 23.9 Å². The van der Waals surface area contributed by atoms with E-state index in [9.17, 15) is 39.6 Å². The van der Waals surface area contributed by atoms with Gasteiger partial charge in [-0.2, -0.15) is 0 Å². The maximum absolute atomic E-state index is 11.4.